The quantitative estimate of drug-likeness (QED) is 0.709. The van der Waals surface area contributed by atoms with Crippen LogP contribution in [0.4, 0.5) is 5.88 Å². The van der Waals surface area contributed by atoms with Crippen molar-refractivity contribution in [3.63, 3.8) is 0 Å². The molecule has 1 aromatic carbocycles. The molecule has 0 fully saturated rings. The van der Waals surface area contributed by atoms with E-state index in [1.165, 1.54) is 0 Å². The maximum Gasteiger partial charge on any atom is 0.346 e. The van der Waals surface area contributed by atoms with Crippen LogP contribution in [0.5, 0.6) is 0 Å². The van der Waals surface area contributed by atoms with Crippen molar-refractivity contribution in [2.45, 2.75) is 20.0 Å². The van der Waals surface area contributed by atoms with Gasteiger partial charge in [-0.1, -0.05) is 40.6 Å². The van der Waals surface area contributed by atoms with Gasteiger partial charge in [0.2, 0.25) is 5.88 Å². The van der Waals surface area contributed by atoms with Crippen LogP contribution in [0.3, 0.4) is 0 Å². The smallest absolute Gasteiger partial charge is 0.346 e. The SMILES string of the molecule is Cc1noc(N)c1C(=O)OCc1nc(Cc2ccccc2)no1. The van der Waals surface area contributed by atoms with Crippen molar-refractivity contribution >= 4 is 11.9 Å². The zero-order valence-corrected chi connectivity index (χ0v) is 12.4. The number of benzene rings is 1. The third-order valence-electron chi connectivity index (χ3n) is 3.14. The van der Waals surface area contributed by atoms with Crippen LogP contribution >= 0.6 is 0 Å². The zero-order valence-electron chi connectivity index (χ0n) is 12.4. The molecule has 2 heterocycles. The Balaban J connectivity index is 1.60. The number of carbonyl (C=O) groups excluding carboxylic acids is 1. The van der Waals surface area contributed by atoms with Crippen LogP contribution in [0, 0.1) is 6.92 Å². The lowest BCUT2D eigenvalue weighted by molar-refractivity contribution is 0.0430. The lowest BCUT2D eigenvalue weighted by Gasteiger charge is -2.00. The molecule has 3 aromatic rings. The summed E-state index contributed by atoms with van der Waals surface area (Å²) in [4.78, 5) is 16.1. The van der Waals surface area contributed by atoms with Gasteiger partial charge >= 0.3 is 5.97 Å². The molecule has 0 unspecified atom stereocenters. The Morgan fingerprint density at radius 3 is 2.70 bits per heavy atom. The highest BCUT2D eigenvalue weighted by Gasteiger charge is 2.21. The number of carbonyl (C=O) groups is 1. The number of rotatable bonds is 5. The van der Waals surface area contributed by atoms with E-state index in [1.807, 2.05) is 30.3 Å². The van der Waals surface area contributed by atoms with Crippen LogP contribution in [0.1, 0.15) is 33.3 Å². The number of nitrogens with zero attached hydrogens (tertiary/aromatic N) is 3. The summed E-state index contributed by atoms with van der Waals surface area (Å²) in [6.07, 6.45) is 0.538. The van der Waals surface area contributed by atoms with Crippen molar-refractivity contribution in [2.24, 2.45) is 0 Å². The molecule has 0 radical (unpaired) electrons. The number of hydrogen-bond acceptors (Lipinski definition) is 8. The molecule has 0 aliphatic carbocycles. The van der Waals surface area contributed by atoms with Crippen molar-refractivity contribution in [2.75, 3.05) is 5.73 Å². The van der Waals surface area contributed by atoms with Gasteiger partial charge in [-0.25, -0.2) is 4.79 Å². The van der Waals surface area contributed by atoms with Gasteiger partial charge in [-0.15, -0.1) is 0 Å². The van der Waals surface area contributed by atoms with Crippen LogP contribution in [0.15, 0.2) is 39.4 Å². The number of aromatic nitrogens is 3. The first-order valence-corrected chi connectivity index (χ1v) is 6.87. The number of ether oxygens (including phenoxy) is 1. The largest absolute Gasteiger partial charge is 0.452 e. The Labute approximate surface area is 131 Å². The molecule has 118 valence electrons. The summed E-state index contributed by atoms with van der Waals surface area (Å²) >= 11 is 0. The highest BCUT2D eigenvalue weighted by molar-refractivity contribution is 5.94. The Hall–Kier alpha value is -3.16. The molecule has 0 aliphatic heterocycles. The van der Waals surface area contributed by atoms with Gasteiger partial charge in [-0.3, -0.25) is 0 Å². The van der Waals surface area contributed by atoms with E-state index in [9.17, 15) is 4.79 Å². The first kappa shape index (κ1) is 14.8. The Morgan fingerprint density at radius 1 is 1.22 bits per heavy atom. The van der Waals surface area contributed by atoms with Gasteiger partial charge in [-0.05, 0) is 12.5 Å². The number of anilines is 1. The van der Waals surface area contributed by atoms with Crippen molar-refractivity contribution in [3.8, 4) is 0 Å². The molecule has 0 saturated carbocycles. The van der Waals surface area contributed by atoms with E-state index >= 15 is 0 Å². The van der Waals surface area contributed by atoms with E-state index in [0.29, 0.717) is 17.9 Å². The summed E-state index contributed by atoms with van der Waals surface area (Å²) in [5, 5.41) is 7.45. The Bertz CT molecular complexity index is 791. The fraction of sp³-hybridized carbons (Fsp3) is 0.200. The van der Waals surface area contributed by atoms with Crippen molar-refractivity contribution in [1.82, 2.24) is 15.3 Å². The number of hydrogen-bond donors (Lipinski definition) is 1. The molecule has 0 amide bonds. The topological polar surface area (TPSA) is 117 Å². The van der Waals surface area contributed by atoms with Crippen LogP contribution in [-0.4, -0.2) is 21.3 Å². The van der Waals surface area contributed by atoms with Crippen LogP contribution in [0.2, 0.25) is 0 Å². The lowest BCUT2D eigenvalue weighted by atomic mass is 10.1. The second-order valence-corrected chi connectivity index (χ2v) is 4.85. The Kier molecular flexibility index (Phi) is 4.05. The molecule has 0 aliphatic rings. The fourth-order valence-electron chi connectivity index (χ4n) is 2.03. The van der Waals surface area contributed by atoms with E-state index in [-0.39, 0.29) is 23.9 Å². The average Bonchev–Trinajstić information content (AvgIpc) is 3.13. The van der Waals surface area contributed by atoms with E-state index in [1.54, 1.807) is 6.92 Å². The summed E-state index contributed by atoms with van der Waals surface area (Å²) in [5.74, 6) is -0.00765. The summed E-state index contributed by atoms with van der Waals surface area (Å²) < 4.78 is 14.9. The predicted octanol–water partition coefficient (Wildman–Crippen LogP) is 1.90. The normalized spacial score (nSPS) is 10.7. The first-order valence-electron chi connectivity index (χ1n) is 6.87. The minimum Gasteiger partial charge on any atom is -0.452 e. The third kappa shape index (κ3) is 3.37. The number of nitrogens with two attached hydrogens (primary N) is 1. The monoisotopic (exact) mass is 314 g/mol. The van der Waals surface area contributed by atoms with Gasteiger partial charge < -0.3 is 19.5 Å². The molecule has 2 aromatic heterocycles. The van der Waals surface area contributed by atoms with Crippen molar-refractivity contribution in [3.05, 3.63) is 58.9 Å². The standard InChI is InChI=1S/C15H14N4O4/c1-9-13(14(16)23-18-9)15(20)21-8-12-17-11(19-22-12)7-10-5-3-2-4-6-10/h2-6H,7-8,16H2,1H3. The molecular weight excluding hydrogens is 300 g/mol. The highest BCUT2D eigenvalue weighted by atomic mass is 16.6. The number of aryl methyl sites for hydroxylation is 1. The highest BCUT2D eigenvalue weighted by Crippen LogP contribution is 2.17. The van der Waals surface area contributed by atoms with Gasteiger partial charge in [0.25, 0.3) is 5.89 Å². The van der Waals surface area contributed by atoms with E-state index < -0.39 is 5.97 Å². The molecule has 8 nitrogen and oxygen atoms in total. The third-order valence-corrected chi connectivity index (χ3v) is 3.14. The molecule has 23 heavy (non-hydrogen) atoms. The van der Waals surface area contributed by atoms with Crippen molar-refractivity contribution < 1.29 is 18.6 Å². The molecule has 2 N–H and O–H groups in total. The van der Waals surface area contributed by atoms with E-state index in [2.05, 4.69) is 15.3 Å². The number of nitrogen functional groups attached to an aromatic ring is 1. The molecule has 0 spiro atoms. The molecular formula is C15H14N4O4. The summed E-state index contributed by atoms with van der Waals surface area (Å²) in [6.45, 7) is 1.45. The van der Waals surface area contributed by atoms with Gasteiger partial charge in [0.05, 0.1) is 5.69 Å². The van der Waals surface area contributed by atoms with Gasteiger partial charge in [0.1, 0.15) is 5.56 Å². The Morgan fingerprint density at radius 2 is 2.00 bits per heavy atom. The van der Waals surface area contributed by atoms with Crippen molar-refractivity contribution in [1.29, 1.82) is 0 Å². The molecule has 0 saturated heterocycles. The van der Waals surface area contributed by atoms with Gasteiger partial charge in [0, 0.05) is 6.42 Å². The maximum atomic E-state index is 11.9. The molecule has 0 atom stereocenters. The van der Waals surface area contributed by atoms with E-state index in [4.69, 9.17) is 19.5 Å². The summed E-state index contributed by atoms with van der Waals surface area (Å²) in [5.41, 5.74) is 7.05. The molecule has 0 bridgehead atoms. The number of esters is 1. The fourth-order valence-corrected chi connectivity index (χ4v) is 2.03. The van der Waals surface area contributed by atoms with Gasteiger partial charge in [0.15, 0.2) is 12.4 Å². The molecule has 3 rings (SSSR count). The summed E-state index contributed by atoms with van der Waals surface area (Å²) in [6, 6.07) is 9.73. The first-order chi connectivity index (χ1) is 11.1. The second kappa shape index (κ2) is 6.30. The average molecular weight is 314 g/mol. The minimum atomic E-state index is -0.649. The molecule has 8 heteroatoms. The minimum absolute atomic E-state index is 0.0807. The van der Waals surface area contributed by atoms with Gasteiger partial charge in [-0.2, -0.15) is 4.98 Å². The summed E-state index contributed by atoms with van der Waals surface area (Å²) in [7, 11) is 0. The predicted molar refractivity (Wildman–Crippen MR) is 78.3 cm³/mol. The zero-order chi connectivity index (χ0) is 16.2. The maximum absolute atomic E-state index is 11.9. The lowest BCUT2D eigenvalue weighted by Crippen LogP contribution is -2.08. The van der Waals surface area contributed by atoms with E-state index in [0.717, 1.165) is 5.56 Å². The second-order valence-electron chi connectivity index (χ2n) is 4.85. The van der Waals surface area contributed by atoms with Crippen LogP contribution in [0.25, 0.3) is 0 Å². The van der Waals surface area contributed by atoms with Crippen LogP contribution in [-0.2, 0) is 17.8 Å². The van der Waals surface area contributed by atoms with Crippen LogP contribution < -0.4 is 5.73 Å².